The standard InChI is InChI=1S/C14H10Cl3NO2S/c15-10-5-12(17)13(6-11(10)16)18-14(20)7-21-9-3-1-2-8(19)4-9/h1-6,19H,7H2,(H,18,20). The van der Waals surface area contributed by atoms with Crippen LogP contribution in [0.15, 0.2) is 41.3 Å². The predicted molar refractivity (Wildman–Crippen MR) is 88.9 cm³/mol. The van der Waals surface area contributed by atoms with E-state index in [2.05, 4.69) is 5.32 Å². The average molecular weight is 363 g/mol. The molecule has 0 radical (unpaired) electrons. The summed E-state index contributed by atoms with van der Waals surface area (Å²) in [7, 11) is 0. The van der Waals surface area contributed by atoms with Crippen LogP contribution >= 0.6 is 46.6 Å². The van der Waals surface area contributed by atoms with Crippen LogP contribution in [-0.2, 0) is 4.79 Å². The summed E-state index contributed by atoms with van der Waals surface area (Å²) in [5.74, 6) is 0.108. The van der Waals surface area contributed by atoms with Gasteiger partial charge in [0.05, 0.1) is 26.5 Å². The Balaban J connectivity index is 1.97. The summed E-state index contributed by atoms with van der Waals surface area (Å²) >= 11 is 19.0. The molecule has 0 unspecified atom stereocenters. The third kappa shape index (κ3) is 4.71. The second-order valence-electron chi connectivity index (χ2n) is 4.08. The lowest BCUT2D eigenvalue weighted by Gasteiger charge is -2.08. The number of benzene rings is 2. The minimum atomic E-state index is -0.233. The summed E-state index contributed by atoms with van der Waals surface area (Å²) in [6.07, 6.45) is 0. The van der Waals surface area contributed by atoms with Crippen LogP contribution in [0.2, 0.25) is 15.1 Å². The van der Waals surface area contributed by atoms with Gasteiger partial charge >= 0.3 is 0 Å². The van der Waals surface area contributed by atoms with Gasteiger partial charge in [0.1, 0.15) is 5.75 Å². The number of phenolic OH excluding ortho intramolecular Hbond substituents is 1. The topological polar surface area (TPSA) is 49.3 Å². The number of nitrogens with one attached hydrogen (secondary N) is 1. The molecule has 0 aliphatic carbocycles. The Morgan fingerprint density at radius 3 is 2.52 bits per heavy atom. The molecule has 2 aromatic rings. The van der Waals surface area contributed by atoms with Gasteiger partial charge in [-0.05, 0) is 30.3 Å². The monoisotopic (exact) mass is 361 g/mol. The van der Waals surface area contributed by atoms with Crippen molar-refractivity contribution in [1.29, 1.82) is 0 Å². The number of phenols is 1. The minimum absolute atomic E-state index is 0.160. The second kappa shape index (κ2) is 7.27. The van der Waals surface area contributed by atoms with Gasteiger partial charge in [0.15, 0.2) is 0 Å². The van der Waals surface area contributed by atoms with Gasteiger partial charge in [0.25, 0.3) is 0 Å². The Bertz CT molecular complexity index is 679. The van der Waals surface area contributed by atoms with Crippen molar-refractivity contribution >= 4 is 58.2 Å². The summed E-state index contributed by atoms with van der Waals surface area (Å²) in [6, 6.07) is 9.66. The van der Waals surface area contributed by atoms with E-state index < -0.39 is 0 Å². The maximum atomic E-state index is 11.9. The molecule has 0 heterocycles. The number of hydrogen-bond acceptors (Lipinski definition) is 3. The molecule has 0 bridgehead atoms. The SMILES string of the molecule is O=C(CSc1cccc(O)c1)Nc1cc(Cl)c(Cl)cc1Cl. The highest BCUT2D eigenvalue weighted by Gasteiger charge is 2.10. The molecule has 0 saturated carbocycles. The first-order valence-electron chi connectivity index (χ1n) is 5.82. The number of halogens is 3. The zero-order valence-corrected chi connectivity index (χ0v) is 13.7. The molecule has 21 heavy (non-hydrogen) atoms. The third-order valence-electron chi connectivity index (χ3n) is 2.47. The Labute approximate surface area is 141 Å². The molecule has 3 nitrogen and oxygen atoms in total. The van der Waals surface area contributed by atoms with Gasteiger partial charge in [-0.2, -0.15) is 0 Å². The normalized spacial score (nSPS) is 10.4. The van der Waals surface area contributed by atoms with Crippen molar-refractivity contribution in [3.05, 3.63) is 51.5 Å². The van der Waals surface area contributed by atoms with Gasteiger partial charge in [0.2, 0.25) is 5.91 Å². The van der Waals surface area contributed by atoms with Crippen molar-refractivity contribution in [1.82, 2.24) is 0 Å². The zero-order chi connectivity index (χ0) is 15.4. The third-order valence-corrected chi connectivity index (χ3v) is 4.50. The van der Waals surface area contributed by atoms with Crippen LogP contribution in [0.5, 0.6) is 5.75 Å². The van der Waals surface area contributed by atoms with Crippen LogP contribution in [0.4, 0.5) is 5.69 Å². The van der Waals surface area contributed by atoms with E-state index in [0.717, 1.165) is 4.90 Å². The molecular weight excluding hydrogens is 353 g/mol. The molecule has 0 spiro atoms. The molecule has 110 valence electrons. The highest BCUT2D eigenvalue weighted by atomic mass is 35.5. The van der Waals surface area contributed by atoms with Gasteiger partial charge in [-0.3, -0.25) is 4.79 Å². The van der Waals surface area contributed by atoms with Gasteiger partial charge in [-0.25, -0.2) is 0 Å². The number of anilines is 1. The lowest BCUT2D eigenvalue weighted by atomic mass is 10.3. The average Bonchev–Trinajstić information content (AvgIpc) is 2.43. The molecule has 0 aromatic heterocycles. The van der Waals surface area contributed by atoms with E-state index in [1.54, 1.807) is 18.2 Å². The molecule has 0 aliphatic heterocycles. The molecule has 2 N–H and O–H groups in total. The van der Waals surface area contributed by atoms with E-state index >= 15 is 0 Å². The smallest absolute Gasteiger partial charge is 0.234 e. The lowest BCUT2D eigenvalue weighted by molar-refractivity contribution is -0.113. The predicted octanol–water partition coefficient (Wildman–Crippen LogP) is 5.08. The van der Waals surface area contributed by atoms with Crippen LogP contribution in [0.3, 0.4) is 0 Å². The number of amides is 1. The summed E-state index contributed by atoms with van der Waals surface area (Å²) in [5, 5.41) is 13.0. The first-order chi connectivity index (χ1) is 9.95. The fraction of sp³-hybridized carbons (Fsp3) is 0.0714. The molecule has 0 atom stereocenters. The van der Waals surface area contributed by atoms with Crippen molar-refractivity contribution in [2.75, 3.05) is 11.1 Å². The molecule has 2 aromatic carbocycles. The van der Waals surface area contributed by atoms with Crippen molar-refractivity contribution in [3.63, 3.8) is 0 Å². The van der Waals surface area contributed by atoms with Gasteiger partial charge in [-0.1, -0.05) is 40.9 Å². The number of hydrogen-bond donors (Lipinski definition) is 2. The fourth-order valence-electron chi connectivity index (χ4n) is 1.53. The van der Waals surface area contributed by atoms with E-state index in [1.165, 1.54) is 23.9 Å². The maximum absolute atomic E-state index is 11.9. The Morgan fingerprint density at radius 2 is 1.81 bits per heavy atom. The van der Waals surface area contributed by atoms with E-state index in [9.17, 15) is 9.90 Å². The van der Waals surface area contributed by atoms with Crippen LogP contribution in [0.25, 0.3) is 0 Å². The molecule has 0 aliphatic rings. The Hall–Kier alpha value is -1.07. The quantitative estimate of drug-likeness (QED) is 0.589. The van der Waals surface area contributed by atoms with Crippen LogP contribution in [-0.4, -0.2) is 16.8 Å². The first kappa shape index (κ1) is 16.3. The summed E-state index contributed by atoms with van der Waals surface area (Å²) in [4.78, 5) is 12.7. The maximum Gasteiger partial charge on any atom is 0.234 e. The van der Waals surface area contributed by atoms with Crippen molar-refractivity contribution in [2.24, 2.45) is 0 Å². The highest BCUT2D eigenvalue weighted by Crippen LogP contribution is 2.32. The Morgan fingerprint density at radius 1 is 1.10 bits per heavy atom. The van der Waals surface area contributed by atoms with Crippen LogP contribution < -0.4 is 5.32 Å². The summed E-state index contributed by atoms with van der Waals surface area (Å²) in [6.45, 7) is 0. The number of carbonyl (C=O) groups is 1. The van der Waals surface area contributed by atoms with Crippen molar-refractivity contribution in [2.45, 2.75) is 4.90 Å². The van der Waals surface area contributed by atoms with Gasteiger partial charge in [0, 0.05) is 4.90 Å². The van der Waals surface area contributed by atoms with E-state index in [1.807, 2.05) is 6.07 Å². The van der Waals surface area contributed by atoms with Crippen molar-refractivity contribution in [3.8, 4) is 5.75 Å². The second-order valence-corrected chi connectivity index (χ2v) is 6.35. The molecule has 0 fully saturated rings. The number of aromatic hydroxyl groups is 1. The molecule has 7 heteroatoms. The van der Waals surface area contributed by atoms with Gasteiger partial charge in [-0.15, -0.1) is 11.8 Å². The number of carbonyl (C=O) groups excluding carboxylic acids is 1. The largest absolute Gasteiger partial charge is 0.508 e. The number of thioether (sulfide) groups is 1. The zero-order valence-electron chi connectivity index (χ0n) is 10.6. The van der Waals surface area contributed by atoms with Crippen LogP contribution in [0, 0.1) is 0 Å². The highest BCUT2D eigenvalue weighted by molar-refractivity contribution is 8.00. The molecule has 0 saturated heterocycles. The number of rotatable bonds is 4. The molecule has 1 amide bonds. The molecule has 2 rings (SSSR count). The minimum Gasteiger partial charge on any atom is -0.508 e. The summed E-state index contributed by atoms with van der Waals surface area (Å²) < 4.78 is 0. The molecular formula is C14H10Cl3NO2S. The fourth-order valence-corrected chi connectivity index (χ4v) is 2.87. The van der Waals surface area contributed by atoms with Gasteiger partial charge < -0.3 is 10.4 Å². The lowest BCUT2D eigenvalue weighted by Crippen LogP contribution is -2.14. The van der Waals surface area contributed by atoms with E-state index in [-0.39, 0.29) is 17.4 Å². The first-order valence-corrected chi connectivity index (χ1v) is 7.94. The van der Waals surface area contributed by atoms with E-state index in [4.69, 9.17) is 34.8 Å². The summed E-state index contributed by atoms with van der Waals surface area (Å²) in [5.41, 5.74) is 0.410. The van der Waals surface area contributed by atoms with E-state index in [0.29, 0.717) is 20.8 Å². The van der Waals surface area contributed by atoms with Crippen LogP contribution in [0.1, 0.15) is 0 Å². The van der Waals surface area contributed by atoms with Crippen molar-refractivity contribution < 1.29 is 9.90 Å². The Kier molecular flexibility index (Phi) is 5.65.